The molecule has 0 saturated carbocycles. The molecule has 3 aromatic rings. The number of anilines is 1. The number of H-pyrrole nitrogens is 2. The van der Waals surface area contributed by atoms with Gasteiger partial charge in [0.2, 0.25) is 5.82 Å². The molecular formula is C8H7N7. The molecule has 0 spiro atoms. The Morgan fingerprint density at radius 3 is 3.00 bits per heavy atom. The van der Waals surface area contributed by atoms with Gasteiger partial charge < -0.3 is 10.7 Å². The standard InChI is InChI=1S/C8H7N7/c9-5-2-7-6(10-3-11-7)1-4(5)8-12-14-15-13-8/h1-3H,9H2,(H,10,11)(H,12,13,14,15). The number of rotatable bonds is 1. The van der Waals surface area contributed by atoms with Crippen LogP contribution in [0, 0.1) is 0 Å². The maximum absolute atomic E-state index is 5.86. The number of tetrazole rings is 1. The van der Waals surface area contributed by atoms with Gasteiger partial charge in [0.25, 0.3) is 0 Å². The first-order chi connectivity index (χ1) is 7.34. The fourth-order valence-corrected chi connectivity index (χ4v) is 1.47. The SMILES string of the molecule is Nc1cc2nc[nH]c2cc1-c1nn[nH]n1. The first-order valence-corrected chi connectivity index (χ1v) is 4.31. The molecule has 1 aromatic carbocycles. The van der Waals surface area contributed by atoms with Gasteiger partial charge in [0.05, 0.1) is 17.4 Å². The predicted molar refractivity (Wildman–Crippen MR) is 53.7 cm³/mol. The molecule has 0 amide bonds. The zero-order valence-corrected chi connectivity index (χ0v) is 7.60. The van der Waals surface area contributed by atoms with Gasteiger partial charge in [-0.3, -0.25) is 0 Å². The molecule has 7 heteroatoms. The van der Waals surface area contributed by atoms with E-state index < -0.39 is 0 Å². The van der Waals surface area contributed by atoms with Gasteiger partial charge in [-0.15, -0.1) is 10.2 Å². The molecule has 0 aliphatic heterocycles. The molecule has 3 rings (SSSR count). The van der Waals surface area contributed by atoms with E-state index in [2.05, 4.69) is 30.6 Å². The number of fused-ring (bicyclic) bond motifs is 1. The minimum atomic E-state index is 0.476. The predicted octanol–water partition coefficient (Wildman–Crippen LogP) is 0.325. The summed E-state index contributed by atoms with van der Waals surface area (Å²) < 4.78 is 0. The van der Waals surface area contributed by atoms with Crippen LogP contribution >= 0.6 is 0 Å². The molecule has 0 bridgehead atoms. The van der Waals surface area contributed by atoms with E-state index >= 15 is 0 Å². The molecule has 0 fully saturated rings. The molecule has 0 aliphatic rings. The van der Waals surface area contributed by atoms with Crippen LogP contribution in [0.5, 0.6) is 0 Å². The van der Waals surface area contributed by atoms with Crippen LogP contribution in [0.2, 0.25) is 0 Å². The Kier molecular flexibility index (Phi) is 1.46. The highest BCUT2D eigenvalue weighted by atomic mass is 15.5. The number of nitrogens with two attached hydrogens (primary N) is 1. The second kappa shape index (κ2) is 2.77. The Bertz CT molecular complexity index is 595. The number of nitrogen functional groups attached to an aromatic ring is 1. The van der Waals surface area contributed by atoms with Crippen molar-refractivity contribution in [3.63, 3.8) is 0 Å². The lowest BCUT2D eigenvalue weighted by Crippen LogP contribution is -1.92. The van der Waals surface area contributed by atoms with Gasteiger partial charge in [0.15, 0.2) is 0 Å². The number of nitrogens with one attached hydrogen (secondary N) is 2. The molecule has 0 saturated heterocycles. The Hall–Kier alpha value is -2.44. The maximum atomic E-state index is 5.86. The third-order valence-electron chi connectivity index (χ3n) is 2.18. The number of imidazole rings is 1. The molecule has 0 aliphatic carbocycles. The van der Waals surface area contributed by atoms with Crippen LogP contribution in [0.1, 0.15) is 0 Å². The van der Waals surface area contributed by atoms with Gasteiger partial charge in [-0.2, -0.15) is 5.21 Å². The number of nitrogens with zero attached hydrogens (tertiary/aromatic N) is 4. The average molecular weight is 201 g/mol. The lowest BCUT2D eigenvalue weighted by atomic mass is 10.1. The fourth-order valence-electron chi connectivity index (χ4n) is 1.47. The molecule has 0 unspecified atom stereocenters. The zero-order valence-electron chi connectivity index (χ0n) is 7.60. The summed E-state index contributed by atoms with van der Waals surface area (Å²) in [7, 11) is 0. The summed E-state index contributed by atoms with van der Waals surface area (Å²) in [5.74, 6) is 0.476. The van der Waals surface area contributed by atoms with Crippen molar-refractivity contribution in [2.45, 2.75) is 0 Å². The van der Waals surface area contributed by atoms with Crippen LogP contribution in [0.25, 0.3) is 22.4 Å². The lowest BCUT2D eigenvalue weighted by Gasteiger charge is -2.00. The highest BCUT2D eigenvalue weighted by Gasteiger charge is 2.09. The Morgan fingerprint density at radius 2 is 2.20 bits per heavy atom. The molecule has 74 valence electrons. The molecule has 0 atom stereocenters. The van der Waals surface area contributed by atoms with Gasteiger partial charge in [-0.05, 0) is 17.3 Å². The summed E-state index contributed by atoms with van der Waals surface area (Å²) in [5, 5.41) is 13.6. The van der Waals surface area contributed by atoms with Crippen molar-refractivity contribution in [3.05, 3.63) is 18.5 Å². The zero-order chi connectivity index (χ0) is 10.3. The first-order valence-electron chi connectivity index (χ1n) is 4.31. The van der Waals surface area contributed by atoms with E-state index in [0.717, 1.165) is 16.6 Å². The van der Waals surface area contributed by atoms with E-state index in [1.54, 1.807) is 12.4 Å². The molecule has 4 N–H and O–H groups in total. The number of hydrogen-bond acceptors (Lipinski definition) is 5. The summed E-state index contributed by atoms with van der Waals surface area (Å²) >= 11 is 0. The van der Waals surface area contributed by atoms with Crippen molar-refractivity contribution in [3.8, 4) is 11.4 Å². The topological polar surface area (TPSA) is 109 Å². The summed E-state index contributed by atoms with van der Waals surface area (Å²) in [6.07, 6.45) is 1.62. The minimum absolute atomic E-state index is 0.476. The van der Waals surface area contributed by atoms with Crippen LogP contribution in [-0.2, 0) is 0 Å². The van der Waals surface area contributed by atoms with Gasteiger partial charge in [-0.1, -0.05) is 0 Å². The van der Waals surface area contributed by atoms with E-state index in [4.69, 9.17) is 5.73 Å². The third-order valence-corrected chi connectivity index (χ3v) is 2.18. The Balaban J connectivity index is 2.30. The van der Waals surface area contributed by atoms with Crippen LogP contribution < -0.4 is 5.73 Å². The first kappa shape index (κ1) is 7.92. The number of hydrogen-bond donors (Lipinski definition) is 3. The van der Waals surface area contributed by atoms with Crippen molar-refractivity contribution in [2.24, 2.45) is 0 Å². The average Bonchev–Trinajstić information content (AvgIpc) is 2.85. The fraction of sp³-hybridized carbons (Fsp3) is 0. The van der Waals surface area contributed by atoms with E-state index in [1.807, 2.05) is 6.07 Å². The smallest absolute Gasteiger partial charge is 0.206 e. The van der Waals surface area contributed by atoms with Crippen molar-refractivity contribution >= 4 is 16.7 Å². The van der Waals surface area contributed by atoms with Crippen molar-refractivity contribution in [1.82, 2.24) is 30.6 Å². The second-order valence-corrected chi connectivity index (χ2v) is 3.09. The molecule has 7 nitrogen and oxygen atoms in total. The number of aromatic amines is 2. The quantitative estimate of drug-likeness (QED) is 0.491. The highest BCUT2D eigenvalue weighted by Crippen LogP contribution is 2.25. The third kappa shape index (κ3) is 1.13. The van der Waals surface area contributed by atoms with Crippen LogP contribution in [0.15, 0.2) is 18.5 Å². The van der Waals surface area contributed by atoms with Crippen molar-refractivity contribution in [1.29, 1.82) is 0 Å². The van der Waals surface area contributed by atoms with E-state index in [1.165, 1.54) is 0 Å². The Labute approximate surface area is 83.7 Å². The van der Waals surface area contributed by atoms with Crippen molar-refractivity contribution < 1.29 is 0 Å². The molecule has 2 heterocycles. The number of benzene rings is 1. The second-order valence-electron chi connectivity index (χ2n) is 3.09. The summed E-state index contributed by atoms with van der Waals surface area (Å²) in [6.45, 7) is 0. The highest BCUT2D eigenvalue weighted by molar-refractivity contribution is 5.87. The van der Waals surface area contributed by atoms with Gasteiger partial charge in [-0.25, -0.2) is 4.98 Å². The maximum Gasteiger partial charge on any atom is 0.206 e. The van der Waals surface area contributed by atoms with E-state index in [0.29, 0.717) is 11.5 Å². The minimum Gasteiger partial charge on any atom is -0.398 e. The van der Waals surface area contributed by atoms with Crippen molar-refractivity contribution in [2.75, 3.05) is 5.73 Å². The van der Waals surface area contributed by atoms with Crippen LogP contribution in [0.3, 0.4) is 0 Å². The van der Waals surface area contributed by atoms with E-state index in [-0.39, 0.29) is 0 Å². The molecule has 0 radical (unpaired) electrons. The van der Waals surface area contributed by atoms with Gasteiger partial charge in [0, 0.05) is 11.3 Å². The normalized spacial score (nSPS) is 10.9. The summed E-state index contributed by atoms with van der Waals surface area (Å²) in [5.41, 5.74) is 8.89. The lowest BCUT2D eigenvalue weighted by molar-refractivity contribution is 0.881. The molecule has 15 heavy (non-hydrogen) atoms. The molecular weight excluding hydrogens is 194 g/mol. The summed E-state index contributed by atoms with van der Waals surface area (Å²) in [6, 6.07) is 3.63. The Morgan fingerprint density at radius 1 is 1.27 bits per heavy atom. The largest absolute Gasteiger partial charge is 0.398 e. The van der Waals surface area contributed by atoms with E-state index in [9.17, 15) is 0 Å². The monoisotopic (exact) mass is 201 g/mol. The number of aromatic nitrogens is 6. The van der Waals surface area contributed by atoms with Gasteiger partial charge in [0.1, 0.15) is 0 Å². The summed E-state index contributed by atoms with van der Waals surface area (Å²) in [4.78, 5) is 7.10. The van der Waals surface area contributed by atoms with Gasteiger partial charge >= 0.3 is 0 Å². The molecule has 2 aromatic heterocycles. The van der Waals surface area contributed by atoms with Crippen LogP contribution in [0.4, 0.5) is 5.69 Å². The van der Waals surface area contributed by atoms with Crippen LogP contribution in [-0.4, -0.2) is 30.6 Å².